The lowest BCUT2D eigenvalue weighted by Gasteiger charge is -2.23. The summed E-state index contributed by atoms with van der Waals surface area (Å²) in [5.74, 6) is 1.19. The molecule has 0 spiro atoms. The fourth-order valence-corrected chi connectivity index (χ4v) is 1.83. The van der Waals surface area contributed by atoms with Gasteiger partial charge in [0.25, 0.3) is 0 Å². The van der Waals surface area contributed by atoms with Crippen molar-refractivity contribution in [2.75, 3.05) is 29.9 Å². The minimum absolute atomic E-state index is 0.117. The maximum Gasteiger partial charge on any atom is 0.223 e. The molecule has 5 N–H and O–H groups in total. The molecule has 0 amide bonds. The van der Waals surface area contributed by atoms with E-state index in [4.69, 9.17) is 16.2 Å². The second-order valence-corrected chi connectivity index (χ2v) is 4.29. The van der Waals surface area contributed by atoms with E-state index in [9.17, 15) is 0 Å². The highest BCUT2D eigenvalue weighted by atomic mass is 16.5. The van der Waals surface area contributed by atoms with Gasteiger partial charge in [0, 0.05) is 19.2 Å². The second kappa shape index (κ2) is 4.13. The van der Waals surface area contributed by atoms with E-state index in [1.807, 2.05) is 0 Å². The quantitative estimate of drug-likeness (QED) is 0.694. The summed E-state index contributed by atoms with van der Waals surface area (Å²) in [5.41, 5.74) is 11.0. The summed E-state index contributed by atoms with van der Waals surface area (Å²) in [7, 11) is 0. The molecule has 0 radical (unpaired) electrons. The molecule has 88 valence electrons. The van der Waals surface area contributed by atoms with Crippen LogP contribution in [0.5, 0.6) is 0 Å². The van der Waals surface area contributed by atoms with Crippen LogP contribution in [0.25, 0.3) is 0 Å². The molecule has 2 rings (SSSR count). The lowest BCUT2D eigenvalue weighted by Crippen LogP contribution is -2.32. The molecule has 0 aliphatic carbocycles. The highest BCUT2D eigenvalue weighted by molar-refractivity contribution is 5.48. The van der Waals surface area contributed by atoms with Gasteiger partial charge in [0.2, 0.25) is 5.95 Å². The molecule has 1 unspecified atom stereocenters. The van der Waals surface area contributed by atoms with Crippen LogP contribution in [0.3, 0.4) is 0 Å². The van der Waals surface area contributed by atoms with Gasteiger partial charge in [-0.05, 0) is 19.8 Å². The van der Waals surface area contributed by atoms with Crippen molar-refractivity contribution in [3.8, 4) is 0 Å². The molecule has 1 aliphatic heterocycles. The number of nitrogens with two attached hydrogens (primary N) is 2. The van der Waals surface area contributed by atoms with E-state index in [1.165, 1.54) is 0 Å². The van der Waals surface area contributed by atoms with Crippen molar-refractivity contribution in [2.24, 2.45) is 0 Å². The predicted octanol–water partition coefficient (Wildman–Crippen LogP) is 0.622. The Balaban J connectivity index is 1.98. The normalized spacial score (nSPS) is 24.6. The van der Waals surface area contributed by atoms with Crippen LogP contribution < -0.4 is 16.8 Å². The minimum Gasteiger partial charge on any atom is -0.383 e. The Morgan fingerprint density at radius 1 is 1.50 bits per heavy atom. The lowest BCUT2D eigenvalue weighted by atomic mass is 10.0. The predicted molar refractivity (Wildman–Crippen MR) is 62.9 cm³/mol. The Morgan fingerprint density at radius 2 is 2.31 bits per heavy atom. The van der Waals surface area contributed by atoms with Gasteiger partial charge in [0.1, 0.15) is 11.6 Å². The van der Waals surface area contributed by atoms with E-state index in [0.29, 0.717) is 18.2 Å². The van der Waals surface area contributed by atoms with E-state index in [2.05, 4.69) is 22.2 Å². The molecule has 6 heteroatoms. The van der Waals surface area contributed by atoms with Gasteiger partial charge in [-0.2, -0.15) is 9.97 Å². The number of nitrogens with one attached hydrogen (secondary N) is 1. The summed E-state index contributed by atoms with van der Waals surface area (Å²) >= 11 is 0. The largest absolute Gasteiger partial charge is 0.383 e. The van der Waals surface area contributed by atoms with Crippen LogP contribution in [0.15, 0.2) is 6.07 Å². The van der Waals surface area contributed by atoms with Crippen LogP contribution in [0.1, 0.15) is 19.8 Å². The van der Waals surface area contributed by atoms with Gasteiger partial charge < -0.3 is 21.5 Å². The van der Waals surface area contributed by atoms with Crippen molar-refractivity contribution in [1.82, 2.24) is 9.97 Å². The highest BCUT2D eigenvalue weighted by Crippen LogP contribution is 2.25. The third-order valence-electron chi connectivity index (χ3n) is 2.71. The number of anilines is 3. The zero-order valence-corrected chi connectivity index (χ0v) is 9.36. The zero-order valence-electron chi connectivity index (χ0n) is 9.36. The van der Waals surface area contributed by atoms with Crippen molar-refractivity contribution in [3.05, 3.63) is 6.07 Å². The van der Waals surface area contributed by atoms with Crippen molar-refractivity contribution < 1.29 is 4.74 Å². The monoisotopic (exact) mass is 223 g/mol. The average Bonchev–Trinajstić information content (AvgIpc) is 2.62. The molecule has 2 heterocycles. The molecule has 1 fully saturated rings. The Bertz CT molecular complexity index is 355. The van der Waals surface area contributed by atoms with Crippen LogP contribution in [0.2, 0.25) is 0 Å². The third-order valence-corrected chi connectivity index (χ3v) is 2.71. The number of nitrogens with zero attached hydrogens (tertiary/aromatic N) is 2. The number of hydrogen-bond acceptors (Lipinski definition) is 6. The lowest BCUT2D eigenvalue weighted by molar-refractivity contribution is 0.0315. The molecule has 1 saturated heterocycles. The van der Waals surface area contributed by atoms with Crippen LogP contribution >= 0.6 is 0 Å². The van der Waals surface area contributed by atoms with E-state index in [0.717, 1.165) is 19.4 Å². The van der Waals surface area contributed by atoms with E-state index in [1.54, 1.807) is 6.07 Å². The number of hydrogen-bond donors (Lipinski definition) is 3. The van der Waals surface area contributed by atoms with Crippen LogP contribution in [-0.4, -0.2) is 28.7 Å². The van der Waals surface area contributed by atoms with Crippen molar-refractivity contribution in [3.63, 3.8) is 0 Å². The standard InChI is InChI=1S/C10H17N5O/c1-10(3-2-4-16-10)6-13-8-5-7(11)14-9(12)15-8/h5H,2-4,6H2,1H3,(H5,11,12,13,14,15). The summed E-state index contributed by atoms with van der Waals surface area (Å²) in [6.45, 7) is 3.61. The molecule has 1 aliphatic rings. The third kappa shape index (κ3) is 2.52. The number of rotatable bonds is 3. The first kappa shape index (κ1) is 10.9. The molecular formula is C10H17N5O. The van der Waals surface area contributed by atoms with Gasteiger partial charge >= 0.3 is 0 Å². The van der Waals surface area contributed by atoms with Crippen LogP contribution in [0.4, 0.5) is 17.6 Å². The van der Waals surface area contributed by atoms with Crippen molar-refractivity contribution in [1.29, 1.82) is 0 Å². The molecule has 6 nitrogen and oxygen atoms in total. The maximum atomic E-state index is 5.65. The molecule has 1 aromatic rings. The summed E-state index contributed by atoms with van der Waals surface area (Å²) in [6.07, 6.45) is 2.16. The van der Waals surface area contributed by atoms with Gasteiger partial charge in [-0.25, -0.2) is 0 Å². The zero-order chi connectivity index (χ0) is 11.6. The Morgan fingerprint density at radius 3 is 2.94 bits per heavy atom. The molecule has 1 atom stereocenters. The molecular weight excluding hydrogens is 206 g/mol. The second-order valence-electron chi connectivity index (χ2n) is 4.29. The molecule has 1 aromatic heterocycles. The van der Waals surface area contributed by atoms with Crippen molar-refractivity contribution in [2.45, 2.75) is 25.4 Å². The van der Waals surface area contributed by atoms with Gasteiger partial charge in [-0.1, -0.05) is 0 Å². The Hall–Kier alpha value is -1.56. The van der Waals surface area contributed by atoms with E-state index < -0.39 is 0 Å². The van der Waals surface area contributed by atoms with Crippen LogP contribution in [0, 0.1) is 0 Å². The number of nitrogen functional groups attached to an aromatic ring is 2. The topological polar surface area (TPSA) is 99.1 Å². The summed E-state index contributed by atoms with van der Waals surface area (Å²) < 4.78 is 5.65. The van der Waals surface area contributed by atoms with Crippen molar-refractivity contribution >= 4 is 17.6 Å². The summed E-state index contributed by atoms with van der Waals surface area (Å²) in [4.78, 5) is 7.85. The smallest absolute Gasteiger partial charge is 0.223 e. The van der Waals surface area contributed by atoms with E-state index >= 15 is 0 Å². The first-order valence-corrected chi connectivity index (χ1v) is 5.35. The fraction of sp³-hybridized carbons (Fsp3) is 0.600. The first-order chi connectivity index (χ1) is 7.57. The summed E-state index contributed by atoms with van der Waals surface area (Å²) in [5, 5.41) is 3.17. The molecule has 0 saturated carbocycles. The molecule has 16 heavy (non-hydrogen) atoms. The highest BCUT2D eigenvalue weighted by Gasteiger charge is 2.29. The van der Waals surface area contributed by atoms with Gasteiger partial charge in [-0.3, -0.25) is 0 Å². The van der Waals surface area contributed by atoms with Gasteiger partial charge in [0.15, 0.2) is 0 Å². The van der Waals surface area contributed by atoms with Gasteiger partial charge in [0.05, 0.1) is 5.60 Å². The molecule has 0 bridgehead atoms. The Kier molecular flexibility index (Phi) is 2.82. The number of aromatic nitrogens is 2. The first-order valence-electron chi connectivity index (χ1n) is 5.35. The minimum atomic E-state index is -0.117. The number of ether oxygens (including phenoxy) is 1. The summed E-state index contributed by atoms with van der Waals surface area (Å²) in [6, 6.07) is 1.66. The van der Waals surface area contributed by atoms with Crippen LogP contribution in [-0.2, 0) is 4.74 Å². The maximum absolute atomic E-state index is 5.65. The Labute approximate surface area is 94.4 Å². The fourth-order valence-electron chi connectivity index (χ4n) is 1.83. The average molecular weight is 223 g/mol. The SMILES string of the molecule is CC1(CNc2cc(N)nc(N)n2)CCCO1. The van der Waals surface area contributed by atoms with E-state index in [-0.39, 0.29) is 11.5 Å². The van der Waals surface area contributed by atoms with Gasteiger partial charge in [-0.15, -0.1) is 0 Å². The molecule has 0 aromatic carbocycles.